The number of rotatable bonds is 5. The lowest BCUT2D eigenvalue weighted by Crippen LogP contribution is -2.87. The van der Waals surface area contributed by atoms with Crippen molar-refractivity contribution >= 4 is 12.2 Å². The first-order valence-electron chi connectivity index (χ1n) is 9.71. The van der Waals surface area contributed by atoms with E-state index in [1.54, 1.807) is 18.8 Å². The van der Waals surface area contributed by atoms with Gasteiger partial charge in [-0.1, -0.05) is 30.3 Å². The molecular formula is C22H24N3O4S+. The Kier molecular flexibility index (Phi) is 5.61. The number of ether oxygens (including phenoxy) is 2. The topological polar surface area (TPSA) is 93.1 Å². The monoisotopic (exact) mass is 426 g/mol. The van der Waals surface area contributed by atoms with Gasteiger partial charge in [-0.05, 0) is 35.5 Å². The van der Waals surface area contributed by atoms with Crippen molar-refractivity contribution in [3.05, 3.63) is 79.8 Å². The number of nitrogens with zero attached hydrogens (tertiary/aromatic N) is 1. The van der Waals surface area contributed by atoms with Crippen LogP contribution in [0.5, 0.6) is 17.4 Å². The number of aromatic nitrogens is 2. The molecule has 0 bridgehead atoms. The molecule has 2 heterocycles. The molecule has 0 amide bonds. The van der Waals surface area contributed by atoms with Crippen molar-refractivity contribution in [2.75, 3.05) is 20.8 Å². The second kappa shape index (κ2) is 8.33. The summed E-state index contributed by atoms with van der Waals surface area (Å²) in [7, 11) is 3.18. The Morgan fingerprint density at radius 2 is 1.90 bits per heavy atom. The highest BCUT2D eigenvalue weighted by Crippen LogP contribution is 2.36. The fraction of sp³-hybridized carbons (Fsp3) is 0.273. The summed E-state index contributed by atoms with van der Waals surface area (Å²) in [6, 6.07) is 13.1. The second-order valence-electron chi connectivity index (χ2n) is 7.23. The average Bonchev–Trinajstić information content (AvgIpc) is 2.76. The van der Waals surface area contributed by atoms with E-state index in [1.165, 1.54) is 0 Å². The van der Waals surface area contributed by atoms with Crippen LogP contribution in [0, 0.1) is 4.77 Å². The minimum atomic E-state index is -0.384. The maximum absolute atomic E-state index is 12.9. The number of H-pyrrole nitrogens is 1. The molecule has 0 radical (unpaired) electrons. The van der Waals surface area contributed by atoms with E-state index in [-0.39, 0.29) is 27.8 Å². The number of nitrogens with two attached hydrogens (primary N) is 1. The van der Waals surface area contributed by atoms with Gasteiger partial charge < -0.3 is 19.9 Å². The Hall–Kier alpha value is -3.10. The maximum atomic E-state index is 12.9. The molecule has 1 aliphatic heterocycles. The summed E-state index contributed by atoms with van der Waals surface area (Å²) in [5.74, 6) is 1.12. The molecule has 1 aliphatic rings. The molecule has 4 rings (SSSR count). The molecule has 156 valence electrons. The van der Waals surface area contributed by atoms with Gasteiger partial charge in [0.1, 0.15) is 11.6 Å². The van der Waals surface area contributed by atoms with Crippen LogP contribution in [0.1, 0.15) is 28.3 Å². The molecule has 30 heavy (non-hydrogen) atoms. The summed E-state index contributed by atoms with van der Waals surface area (Å²) in [4.78, 5) is 15.6. The zero-order valence-electron chi connectivity index (χ0n) is 16.8. The molecule has 4 N–H and O–H groups in total. The Bertz CT molecular complexity index is 1190. The van der Waals surface area contributed by atoms with Crippen molar-refractivity contribution in [1.82, 2.24) is 9.55 Å². The summed E-state index contributed by atoms with van der Waals surface area (Å²) < 4.78 is 12.6. The number of benzene rings is 2. The molecular weight excluding hydrogens is 402 g/mol. The summed E-state index contributed by atoms with van der Waals surface area (Å²) >= 11 is 5.34. The normalized spacial score (nSPS) is 15.5. The van der Waals surface area contributed by atoms with E-state index in [9.17, 15) is 9.90 Å². The van der Waals surface area contributed by atoms with E-state index in [4.69, 9.17) is 21.7 Å². The van der Waals surface area contributed by atoms with Gasteiger partial charge >= 0.3 is 0 Å². The predicted molar refractivity (Wildman–Crippen MR) is 115 cm³/mol. The standard InChI is InChI=1S/C22H23N3O4S/c1-28-16-10-14-8-9-23-19(15(14)11-17(16)29-2)18-20(26)24-22(30)25(21(18)27)12-13-6-4-3-5-7-13/h3-7,10-11,19,23,27H,8-9,12H2,1-2H3,(H,24,26,30)/p+1/t19-/m0/s1. The predicted octanol–water partition coefficient (Wildman–Crippen LogP) is 1.89. The molecule has 1 aromatic heterocycles. The summed E-state index contributed by atoms with van der Waals surface area (Å²) in [6.07, 6.45) is 0.827. The molecule has 0 saturated heterocycles. The Morgan fingerprint density at radius 3 is 2.60 bits per heavy atom. The van der Waals surface area contributed by atoms with E-state index < -0.39 is 0 Å². The van der Waals surface area contributed by atoms with Crippen molar-refractivity contribution in [1.29, 1.82) is 0 Å². The van der Waals surface area contributed by atoms with Gasteiger partial charge in [0.05, 0.1) is 27.3 Å². The van der Waals surface area contributed by atoms with E-state index in [2.05, 4.69) is 10.3 Å². The number of methoxy groups -OCH3 is 2. The molecule has 8 heteroatoms. The van der Waals surface area contributed by atoms with Crippen LogP contribution in [0.3, 0.4) is 0 Å². The molecule has 3 aromatic rings. The van der Waals surface area contributed by atoms with Gasteiger partial charge in [0.15, 0.2) is 16.3 Å². The number of fused-ring (bicyclic) bond motifs is 1. The van der Waals surface area contributed by atoms with Gasteiger partial charge in [0.25, 0.3) is 5.56 Å². The smallest absolute Gasteiger partial charge is 0.265 e. The summed E-state index contributed by atoms with van der Waals surface area (Å²) in [5, 5.41) is 13.2. The number of quaternary nitrogens is 1. The Morgan fingerprint density at radius 1 is 1.20 bits per heavy atom. The first-order valence-corrected chi connectivity index (χ1v) is 10.1. The van der Waals surface area contributed by atoms with Crippen LogP contribution >= 0.6 is 12.2 Å². The van der Waals surface area contributed by atoms with Crippen LogP contribution in [-0.4, -0.2) is 35.4 Å². The van der Waals surface area contributed by atoms with Crippen molar-refractivity contribution in [2.45, 2.75) is 19.0 Å². The largest absolute Gasteiger partial charge is 0.494 e. The third-order valence-electron chi connectivity index (χ3n) is 5.50. The summed E-state index contributed by atoms with van der Waals surface area (Å²) in [5.41, 5.74) is 2.86. The zero-order chi connectivity index (χ0) is 21.3. The van der Waals surface area contributed by atoms with Crippen molar-refractivity contribution in [3.8, 4) is 17.4 Å². The van der Waals surface area contributed by atoms with Crippen molar-refractivity contribution in [2.24, 2.45) is 0 Å². The van der Waals surface area contributed by atoms with Gasteiger partial charge in [0.2, 0.25) is 5.88 Å². The second-order valence-corrected chi connectivity index (χ2v) is 7.61. The zero-order valence-corrected chi connectivity index (χ0v) is 17.7. The van der Waals surface area contributed by atoms with Gasteiger partial charge in [-0.25, -0.2) is 0 Å². The maximum Gasteiger partial charge on any atom is 0.265 e. The number of aromatic hydroxyl groups is 1. The molecule has 2 aromatic carbocycles. The highest BCUT2D eigenvalue weighted by Gasteiger charge is 2.32. The lowest BCUT2D eigenvalue weighted by molar-refractivity contribution is -0.690. The first-order chi connectivity index (χ1) is 14.5. The van der Waals surface area contributed by atoms with Crippen LogP contribution in [0.25, 0.3) is 0 Å². The highest BCUT2D eigenvalue weighted by atomic mass is 32.1. The van der Waals surface area contributed by atoms with Crippen LogP contribution in [0.4, 0.5) is 0 Å². The molecule has 0 aliphatic carbocycles. The van der Waals surface area contributed by atoms with Crippen molar-refractivity contribution in [3.63, 3.8) is 0 Å². The fourth-order valence-electron chi connectivity index (χ4n) is 4.02. The Balaban J connectivity index is 1.85. The minimum absolute atomic E-state index is 0.114. The highest BCUT2D eigenvalue weighted by molar-refractivity contribution is 7.71. The SMILES string of the molecule is COc1cc2c(cc1OC)[C@@H](c1c(O)n(Cc3ccccc3)c(=S)[nH]c1=O)[NH2+]CC2. The molecule has 7 nitrogen and oxygen atoms in total. The first kappa shape index (κ1) is 20.2. The van der Waals surface area contributed by atoms with E-state index in [0.717, 1.165) is 29.7 Å². The molecule has 1 atom stereocenters. The minimum Gasteiger partial charge on any atom is -0.494 e. The number of hydrogen-bond donors (Lipinski definition) is 3. The number of aromatic amines is 1. The molecule has 0 unspecified atom stereocenters. The van der Waals surface area contributed by atoms with E-state index in [0.29, 0.717) is 18.0 Å². The third kappa shape index (κ3) is 3.59. The van der Waals surface area contributed by atoms with Crippen LogP contribution in [0.2, 0.25) is 0 Å². The van der Waals surface area contributed by atoms with E-state index in [1.807, 2.05) is 42.5 Å². The quantitative estimate of drug-likeness (QED) is 0.542. The molecule has 0 fully saturated rings. The lowest BCUT2D eigenvalue weighted by Gasteiger charge is -2.26. The average molecular weight is 427 g/mol. The van der Waals surface area contributed by atoms with Gasteiger partial charge in [-0.15, -0.1) is 0 Å². The van der Waals surface area contributed by atoms with Gasteiger partial charge in [-0.3, -0.25) is 14.3 Å². The Labute approximate surface area is 178 Å². The van der Waals surface area contributed by atoms with Crippen LogP contribution in [-0.2, 0) is 13.0 Å². The van der Waals surface area contributed by atoms with E-state index >= 15 is 0 Å². The van der Waals surface area contributed by atoms with Gasteiger partial charge in [-0.2, -0.15) is 0 Å². The summed E-state index contributed by atoms with van der Waals surface area (Å²) in [6.45, 7) is 1.14. The molecule has 0 saturated carbocycles. The third-order valence-corrected chi connectivity index (χ3v) is 5.82. The van der Waals surface area contributed by atoms with Crippen LogP contribution < -0.4 is 20.3 Å². The van der Waals surface area contributed by atoms with Gasteiger partial charge in [0, 0.05) is 12.0 Å². The number of nitrogens with one attached hydrogen (secondary N) is 1. The van der Waals surface area contributed by atoms with Crippen LogP contribution in [0.15, 0.2) is 47.3 Å². The lowest BCUT2D eigenvalue weighted by atomic mass is 9.90. The molecule has 0 spiro atoms. The van der Waals surface area contributed by atoms with Crippen molar-refractivity contribution < 1.29 is 19.9 Å². The number of hydrogen-bond acceptors (Lipinski definition) is 5. The fourth-order valence-corrected chi connectivity index (χ4v) is 4.26.